The zero-order valence-electron chi connectivity index (χ0n) is 10.9. The average molecular weight is 339 g/mol. The lowest BCUT2D eigenvalue weighted by Crippen LogP contribution is -2.44. The van der Waals surface area contributed by atoms with E-state index >= 15 is 0 Å². The van der Waals surface area contributed by atoms with E-state index < -0.39 is 16.0 Å². The molecule has 1 aliphatic heterocycles. The summed E-state index contributed by atoms with van der Waals surface area (Å²) in [7, 11) is -2.35. The van der Waals surface area contributed by atoms with Crippen LogP contribution in [0.4, 0.5) is 0 Å². The fourth-order valence-corrected chi connectivity index (χ4v) is 5.36. The number of rotatable bonds is 4. The van der Waals surface area contributed by atoms with Gasteiger partial charge in [-0.1, -0.05) is 29.4 Å². The number of nitrogens with zero attached hydrogens (tertiary/aromatic N) is 2. The third-order valence-electron chi connectivity index (χ3n) is 3.22. The van der Waals surface area contributed by atoms with Crippen molar-refractivity contribution in [1.82, 2.24) is 9.29 Å². The minimum Gasteiger partial charge on any atom is -0.469 e. The van der Waals surface area contributed by atoms with E-state index in [-0.39, 0.29) is 21.1 Å². The van der Waals surface area contributed by atoms with Crippen molar-refractivity contribution >= 4 is 38.9 Å². The molecule has 0 N–H and O–H groups in total. The predicted molar refractivity (Wildman–Crippen MR) is 75.3 cm³/mol. The monoisotopic (exact) mass is 338 g/mol. The second kappa shape index (κ2) is 6.38. The van der Waals surface area contributed by atoms with Gasteiger partial charge >= 0.3 is 5.97 Å². The number of ether oxygens (including phenoxy) is 1. The highest BCUT2D eigenvalue weighted by Crippen LogP contribution is 2.31. The van der Waals surface area contributed by atoms with Crippen molar-refractivity contribution in [2.45, 2.75) is 35.9 Å². The van der Waals surface area contributed by atoms with Crippen molar-refractivity contribution in [3.8, 4) is 0 Å². The number of carbonyl (C=O) groups excluding carboxylic acids is 1. The van der Waals surface area contributed by atoms with Crippen LogP contribution in [0, 0.1) is 0 Å². The minimum absolute atomic E-state index is 0.0717. The first-order valence-electron chi connectivity index (χ1n) is 6.15. The molecule has 0 saturated carbocycles. The number of methoxy groups -OCH3 is 1. The molecule has 6 nitrogen and oxygen atoms in total. The van der Waals surface area contributed by atoms with E-state index in [0.717, 1.165) is 24.2 Å². The number of sulfonamides is 1. The highest BCUT2D eigenvalue weighted by atomic mass is 35.5. The first-order valence-corrected chi connectivity index (χ1v) is 8.78. The maximum absolute atomic E-state index is 12.6. The van der Waals surface area contributed by atoms with Crippen molar-refractivity contribution in [3.63, 3.8) is 0 Å². The smallest absolute Gasteiger partial charge is 0.307 e. The molecule has 20 heavy (non-hydrogen) atoms. The molecule has 2 heterocycles. The number of esters is 1. The van der Waals surface area contributed by atoms with Crippen LogP contribution in [0.5, 0.6) is 0 Å². The summed E-state index contributed by atoms with van der Waals surface area (Å²) in [6.45, 7) is 0.402. The van der Waals surface area contributed by atoms with E-state index in [0.29, 0.717) is 13.0 Å². The first-order chi connectivity index (χ1) is 9.45. The minimum atomic E-state index is -3.65. The van der Waals surface area contributed by atoms with Crippen LogP contribution in [0.15, 0.2) is 10.4 Å². The lowest BCUT2D eigenvalue weighted by atomic mass is 10.0. The standard InChI is InChI=1S/C11H15ClN2O4S2/c1-18-9(15)6-8-4-2-3-5-14(8)20(16,17)10-7-13-11(12)19-10/h7-8H,2-6H2,1H3. The Kier molecular flexibility index (Phi) is 5.00. The molecule has 0 aromatic carbocycles. The fourth-order valence-electron chi connectivity index (χ4n) is 2.24. The van der Waals surface area contributed by atoms with Crippen molar-refractivity contribution in [2.24, 2.45) is 0 Å². The molecule has 1 aromatic heterocycles. The van der Waals surface area contributed by atoms with E-state index in [1.165, 1.54) is 17.6 Å². The number of piperidine rings is 1. The predicted octanol–water partition coefficient (Wildman–Crippen LogP) is 1.90. The average Bonchev–Trinajstić information content (AvgIpc) is 2.86. The van der Waals surface area contributed by atoms with E-state index in [1.54, 1.807) is 0 Å². The van der Waals surface area contributed by atoms with Crippen LogP contribution >= 0.6 is 22.9 Å². The zero-order chi connectivity index (χ0) is 14.8. The third-order valence-corrected chi connectivity index (χ3v) is 6.73. The quantitative estimate of drug-likeness (QED) is 0.784. The van der Waals surface area contributed by atoms with Gasteiger partial charge < -0.3 is 4.74 Å². The Morgan fingerprint density at radius 3 is 2.95 bits per heavy atom. The van der Waals surface area contributed by atoms with E-state index in [1.807, 2.05) is 0 Å². The molecule has 1 aliphatic rings. The van der Waals surface area contributed by atoms with Crippen LogP contribution in [-0.4, -0.2) is 43.4 Å². The van der Waals surface area contributed by atoms with Crippen LogP contribution in [0.3, 0.4) is 0 Å². The summed E-state index contributed by atoms with van der Waals surface area (Å²) in [5.74, 6) is -0.403. The van der Waals surface area contributed by atoms with Gasteiger partial charge in [0.1, 0.15) is 0 Å². The van der Waals surface area contributed by atoms with Gasteiger partial charge in [0.05, 0.1) is 19.7 Å². The van der Waals surface area contributed by atoms with Gasteiger partial charge in [-0.05, 0) is 12.8 Å². The topological polar surface area (TPSA) is 76.6 Å². The maximum atomic E-state index is 12.6. The molecule has 0 bridgehead atoms. The van der Waals surface area contributed by atoms with Crippen LogP contribution < -0.4 is 0 Å². The molecule has 1 unspecified atom stereocenters. The fraction of sp³-hybridized carbons (Fsp3) is 0.636. The van der Waals surface area contributed by atoms with Crippen molar-refractivity contribution < 1.29 is 17.9 Å². The van der Waals surface area contributed by atoms with Crippen molar-refractivity contribution in [1.29, 1.82) is 0 Å². The van der Waals surface area contributed by atoms with Gasteiger partial charge in [0.25, 0.3) is 10.0 Å². The largest absolute Gasteiger partial charge is 0.469 e. The third kappa shape index (κ3) is 3.30. The first kappa shape index (κ1) is 15.7. The number of halogens is 1. The summed E-state index contributed by atoms with van der Waals surface area (Å²) < 4.78 is 31.4. The molecule has 0 spiro atoms. The molecule has 1 saturated heterocycles. The van der Waals surface area contributed by atoms with Crippen LogP contribution in [-0.2, 0) is 19.6 Å². The summed E-state index contributed by atoms with van der Waals surface area (Å²) in [5.41, 5.74) is 0. The molecule has 0 radical (unpaired) electrons. The second-order valence-electron chi connectivity index (χ2n) is 4.48. The summed E-state index contributed by atoms with van der Waals surface area (Å²) in [5, 5.41) is 0. The molecule has 2 rings (SSSR count). The Labute approximate surface area is 126 Å². The van der Waals surface area contributed by atoms with Crippen molar-refractivity contribution in [3.05, 3.63) is 10.7 Å². The maximum Gasteiger partial charge on any atom is 0.307 e. The van der Waals surface area contributed by atoms with Gasteiger partial charge in [-0.2, -0.15) is 4.31 Å². The highest BCUT2D eigenvalue weighted by Gasteiger charge is 2.35. The molecular weight excluding hydrogens is 324 g/mol. The molecule has 1 fully saturated rings. The Hall–Kier alpha value is -0.700. The molecule has 0 amide bonds. The normalized spacial score (nSPS) is 20.8. The van der Waals surface area contributed by atoms with Crippen LogP contribution in [0.2, 0.25) is 4.47 Å². The number of aromatic nitrogens is 1. The SMILES string of the molecule is COC(=O)CC1CCCCN1S(=O)(=O)c1cnc(Cl)s1. The van der Waals surface area contributed by atoms with Gasteiger partial charge in [-0.3, -0.25) is 4.79 Å². The summed E-state index contributed by atoms with van der Waals surface area (Å²) in [6, 6.07) is -0.359. The van der Waals surface area contributed by atoms with Crippen LogP contribution in [0.1, 0.15) is 25.7 Å². The summed E-state index contributed by atoms with van der Waals surface area (Å²) in [6.07, 6.45) is 3.66. The Balaban J connectivity index is 2.25. The molecule has 1 atom stereocenters. The van der Waals surface area contributed by atoms with Gasteiger partial charge in [-0.15, -0.1) is 0 Å². The van der Waals surface area contributed by atoms with Gasteiger partial charge in [0.15, 0.2) is 8.68 Å². The van der Waals surface area contributed by atoms with Crippen LogP contribution in [0.25, 0.3) is 0 Å². The Morgan fingerprint density at radius 1 is 1.60 bits per heavy atom. The molecule has 9 heteroatoms. The van der Waals surface area contributed by atoms with Gasteiger partial charge in [0.2, 0.25) is 0 Å². The highest BCUT2D eigenvalue weighted by molar-refractivity contribution is 7.91. The van der Waals surface area contributed by atoms with E-state index in [4.69, 9.17) is 11.6 Å². The van der Waals surface area contributed by atoms with Gasteiger partial charge in [0, 0.05) is 12.6 Å². The van der Waals surface area contributed by atoms with E-state index in [2.05, 4.69) is 9.72 Å². The zero-order valence-corrected chi connectivity index (χ0v) is 13.3. The number of thiazole rings is 1. The summed E-state index contributed by atoms with van der Waals surface area (Å²) in [4.78, 5) is 15.2. The number of hydrogen-bond acceptors (Lipinski definition) is 6. The van der Waals surface area contributed by atoms with Crippen molar-refractivity contribution in [2.75, 3.05) is 13.7 Å². The lowest BCUT2D eigenvalue weighted by Gasteiger charge is -2.33. The second-order valence-corrected chi connectivity index (χ2v) is 8.21. The lowest BCUT2D eigenvalue weighted by molar-refractivity contribution is -0.141. The Bertz CT molecular complexity index is 587. The van der Waals surface area contributed by atoms with E-state index in [9.17, 15) is 13.2 Å². The number of hydrogen-bond donors (Lipinski definition) is 0. The summed E-state index contributed by atoms with van der Waals surface area (Å²) >= 11 is 6.62. The molecule has 112 valence electrons. The molecular formula is C11H15ClN2O4S2. The Morgan fingerprint density at radius 2 is 2.35 bits per heavy atom. The molecule has 0 aliphatic carbocycles. The number of carbonyl (C=O) groups is 1. The molecule has 1 aromatic rings. The van der Waals surface area contributed by atoms with Gasteiger partial charge in [-0.25, -0.2) is 13.4 Å².